The smallest absolute Gasteiger partial charge is 0.165 e. The molecular weight excluding hydrogens is 785 g/mol. The van der Waals surface area contributed by atoms with Gasteiger partial charge in [0.25, 0.3) is 0 Å². The predicted molar refractivity (Wildman–Crippen MR) is 252 cm³/mol. The Labute approximate surface area is 377 Å². The molecule has 62 heavy (non-hydrogen) atoms. The van der Waals surface area contributed by atoms with Gasteiger partial charge >= 0.3 is 0 Å². The van der Waals surface area contributed by atoms with Gasteiger partial charge in [0.1, 0.15) is 26.4 Å². The summed E-state index contributed by atoms with van der Waals surface area (Å²) in [7, 11) is 0. The summed E-state index contributed by atoms with van der Waals surface area (Å²) >= 11 is 0. The lowest BCUT2D eigenvalue weighted by Gasteiger charge is -2.20. The molecule has 0 aromatic heterocycles. The van der Waals surface area contributed by atoms with Crippen molar-refractivity contribution in [3.05, 3.63) is 24.3 Å². The topological polar surface area (TPSA) is 92.3 Å². The van der Waals surface area contributed by atoms with Crippen molar-refractivity contribution < 1.29 is 47.4 Å². The SMILES string of the molecule is CCCCCCCCOc1cc2c(cc1OCCCCCCCC)OCCOCCOc1cc(OCCCCCCCC)c(OCCCCCCCC)cc1OCCOCCO2. The van der Waals surface area contributed by atoms with Gasteiger partial charge in [0.2, 0.25) is 0 Å². The highest BCUT2D eigenvalue weighted by atomic mass is 16.6. The van der Waals surface area contributed by atoms with E-state index in [1.165, 1.54) is 103 Å². The third-order valence-corrected chi connectivity index (χ3v) is 11.0. The molecule has 0 radical (unpaired) electrons. The van der Waals surface area contributed by atoms with Crippen molar-refractivity contribution in [2.45, 2.75) is 182 Å². The van der Waals surface area contributed by atoms with Crippen LogP contribution in [-0.4, -0.2) is 79.3 Å². The number of rotatable bonds is 32. The molecule has 0 saturated carbocycles. The van der Waals surface area contributed by atoms with Crippen LogP contribution in [0.2, 0.25) is 0 Å². The van der Waals surface area contributed by atoms with E-state index in [0.29, 0.717) is 125 Å². The van der Waals surface area contributed by atoms with Gasteiger partial charge in [-0.1, -0.05) is 156 Å². The maximum absolute atomic E-state index is 6.35. The van der Waals surface area contributed by atoms with Crippen molar-refractivity contribution in [3.8, 4) is 46.0 Å². The van der Waals surface area contributed by atoms with E-state index in [-0.39, 0.29) is 0 Å². The molecular formula is C52H88O10. The molecule has 0 saturated heterocycles. The number of hydrogen-bond acceptors (Lipinski definition) is 10. The number of unbranched alkanes of at least 4 members (excludes halogenated alkanes) is 20. The molecule has 2 aromatic rings. The lowest BCUT2D eigenvalue weighted by atomic mass is 10.1. The van der Waals surface area contributed by atoms with Gasteiger partial charge in [-0.15, -0.1) is 0 Å². The predicted octanol–water partition coefficient (Wildman–Crippen LogP) is 13.9. The lowest BCUT2D eigenvalue weighted by Crippen LogP contribution is -2.16. The molecule has 0 spiro atoms. The summed E-state index contributed by atoms with van der Waals surface area (Å²) < 4.78 is 62.5. The van der Waals surface area contributed by atoms with Gasteiger partial charge in [0.05, 0.1) is 52.9 Å². The molecule has 0 aliphatic carbocycles. The second-order valence-corrected chi connectivity index (χ2v) is 16.6. The number of benzene rings is 2. The number of fused-ring (bicyclic) bond motifs is 2. The van der Waals surface area contributed by atoms with E-state index in [2.05, 4.69) is 27.7 Å². The Bertz CT molecular complexity index is 1150. The third kappa shape index (κ3) is 24.6. The Morgan fingerprint density at radius 3 is 0.726 bits per heavy atom. The maximum atomic E-state index is 6.35. The molecule has 10 heteroatoms. The van der Waals surface area contributed by atoms with Crippen molar-refractivity contribution >= 4 is 0 Å². The second kappa shape index (κ2) is 37.2. The minimum atomic E-state index is 0.330. The molecule has 0 bridgehead atoms. The molecule has 0 unspecified atom stereocenters. The van der Waals surface area contributed by atoms with Crippen LogP contribution in [0.25, 0.3) is 0 Å². The first-order chi connectivity index (χ1) is 30.7. The zero-order valence-corrected chi connectivity index (χ0v) is 39.8. The monoisotopic (exact) mass is 873 g/mol. The molecule has 2 aromatic carbocycles. The minimum absolute atomic E-state index is 0.330. The Balaban J connectivity index is 1.67. The van der Waals surface area contributed by atoms with E-state index in [1.54, 1.807) is 0 Å². The molecule has 356 valence electrons. The van der Waals surface area contributed by atoms with Crippen molar-refractivity contribution in [1.29, 1.82) is 0 Å². The molecule has 10 nitrogen and oxygen atoms in total. The molecule has 0 fully saturated rings. The second-order valence-electron chi connectivity index (χ2n) is 16.6. The summed E-state index contributed by atoms with van der Waals surface area (Å²) in [5.41, 5.74) is 0. The van der Waals surface area contributed by atoms with Crippen LogP contribution in [0.5, 0.6) is 46.0 Å². The van der Waals surface area contributed by atoms with Gasteiger partial charge in [0, 0.05) is 24.3 Å². The first-order valence-electron chi connectivity index (χ1n) is 25.2. The first-order valence-corrected chi connectivity index (χ1v) is 25.2. The standard InChI is InChI=1S/C52H88O10/c1-5-9-13-17-21-25-29-55-45-41-49-50(42-46(45)56-30-26-22-18-14-10-6-2)60-38-34-54-36-40-62-52-44-48(58-32-28-24-20-16-12-8-4)47(57-31-27-23-19-15-11-7-3)43-51(52)61-39-35-53-33-37-59-49/h41-44H,5-40H2,1-4H3. The fourth-order valence-corrected chi connectivity index (χ4v) is 7.25. The van der Waals surface area contributed by atoms with E-state index < -0.39 is 0 Å². The van der Waals surface area contributed by atoms with Crippen molar-refractivity contribution in [3.63, 3.8) is 0 Å². The van der Waals surface area contributed by atoms with Crippen LogP contribution in [0.1, 0.15) is 182 Å². The molecule has 1 aliphatic rings. The Morgan fingerprint density at radius 1 is 0.290 bits per heavy atom. The van der Waals surface area contributed by atoms with Gasteiger partial charge in [-0.2, -0.15) is 0 Å². The summed E-state index contributed by atoms with van der Waals surface area (Å²) in [4.78, 5) is 0. The van der Waals surface area contributed by atoms with Gasteiger partial charge < -0.3 is 47.4 Å². The summed E-state index contributed by atoms with van der Waals surface area (Å²) in [5, 5.41) is 0. The van der Waals surface area contributed by atoms with Crippen LogP contribution < -0.4 is 37.9 Å². The van der Waals surface area contributed by atoms with Crippen LogP contribution in [0.4, 0.5) is 0 Å². The zero-order valence-electron chi connectivity index (χ0n) is 39.8. The summed E-state index contributed by atoms with van der Waals surface area (Å²) in [6.45, 7) is 14.3. The van der Waals surface area contributed by atoms with E-state index >= 15 is 0 Å². The average Bonchev–Trinajstić information content (AvgIpc) is 3.28. The lowest BCUT2D eigenvalue weighted by molar-refractivity contribution is 0.0636. The van der Waals surface area contributed by atoms with Gasteiger partial charge in [-0.25, -0.2) is 0 Å². The minimum Gasteiger partial charge on any atom is -0.490 e. The Hall–Kier alpha value is -3.24. The van der Waals surface area contributed by atoms with E-state index in [9.17, 15) is 0 Å². The third-order valence-electron chi connectivity index (χ3n) is 11.0. The quantitative estimate of drug-likeness (QED) is 0.0662. The fraction of sp³-hybridized carbons (Fsp3) is 0.769. The molecule has 1 heterocycles. The van der Waals surface area contributed by atoms with Crippen molar-refractivity contribution in [2.24, 2.45) is 0 Å². The Kier molecular flexibility index (Phi) is 31.8. The van der Waals surface area contributed by atoms with Crippen LogP contribution in [0.3, 0.4) is 0 Å². The number of ether oxygens (including phenoxy) is 10. The maximum Gasteiger partial charge on any atom is 0.165 e. The summed E-state index contributed by atoms with van der Waals surface area (Å²) in [6, 6.07) is 7.64. The van der Waals surface area contributed by atoms with Crippen molar-refractivity contribution in [2.75, 3.05) is 79.3 Å². The molecule has 3 rings (SSSR count). The highest BCUT2D eigenvalue weighted by molar-refractivity contribution is 5.55. The van der Waals surface area contributed by atoms with Crippen LogP contribution in [-0.2, 0) is 9.47 Å². The molecule has 0 N–H and O–H groups in total. The van der Waals surface area contributed by atoms with Crippen LogP contribution in [0.15, 0.2) is 24.3 Å². The van der Waals surface area contributed by atoms with E-state index in [1.807, 2.05) is 24.3 Å². The fourth-order valence-electron chi connectivity index (χ4n) is 7.25. The molecule has 0 amide bonds. The number of hydrogen-bond donors (Lipinski definition) is 0. The van der Waals surface area contributed by atoms with Gasteiger partial charge in [-0.3, -0.25) is 0 Å². The Morgan fingerprint density at radius 2 is 0.500 bits per heavy atom. The highest BCUT2D eigenvalue weighted by Gasteiger charge is 2.18. The van der Waals surface area contributed by atoms with Crippen LogP contribution >= 0.6 is 0 Å². The first kappa shape index (κ1) is 53.1. The zero-order chi connectivity index (χ0) is 44.0. The highest BCUT2D eigenvalue weighted by Crippen LogP contribution is 2.42. The largest absolute Gasteiger partial charge is 0.490 e. The van der Waals surface area contributed by atoms with E-state index in [0.717, 1.165) is 51.4 Å². The molecule has 1 aliphatic heterocycles. The summed E-state index contributed by atoms with van der Waals surface area (Å²) in [5.74, 6) is 5.10. The van der Waals surface area contributed by atoms with Crippen LogP contribution in [0, 0.1) is 0 Å². The van der Waals surface area contributed by atoms with Gasteiger partial charge in [-0.05, 0) is 25.7 Å². The molecule has 0 atom stereocenters. The van der Waals surface area contributed by atoms with Crippen molar-refractivity contribution in [1.82, 2.24) is 0 Å². The normalized spacial score (nSPS) is 13.9. The summed E-state index contributed by atoms with van der Waals surface area (Å²) in [6.07, 6.45) is 28.7. The van der Waals surface area contributed by atoms with Gasteiger partial charge in [0.15, 0.2) is 46.0 Å². The van der Waals surface area contributed by atoms with E-state index in [4.69, 9.17) is 47.4 Å². The average molecular weight is 873 g/mol.